The molecule has 9 heteroatoms. The molecule has 2 heterocycles. The third kappa shape index (κ3) is 4.15. The molecule has 0 bridgehead atoms. The molecule has 0 aliphatic rings. The highest BCUT2D eigenvalue weighted by Gasteiger charge is 2.18. The second kappa shape index (κ2) is 7.85. The maximum Gasteiger partial charge on any atom is 0.286 e. The lowest BCUT2D eigenvalue weighted by Gasteiger charge is -2.09. The second-order valence-electron chi connectivity index (χ2n) is 5.92. The summed E-state index contributed by atoms with van der Waals surface area (Å²) in [5, 5.41) is 5.47. The maximum absolute atomic E-state index is 12.2. The number of rotatable bonds is 4. The summed E-state index contributed by atoms with van der Waals surface area (Å²) in [4.78, 5) is 26.8. The zero-order valence-electron chi connectivity index (χ0n) is 14.6. The quantitative estimate of drug-likeness (QED) is 0.582. The minimum absolute atomic E-state index is 0.0634. The first kappa shape index (κ1) is 19.0. The normalized spacial score (nSPS) is 10.7. The molecule has 0 aliphatic carbocycles. The number of benzene rings is 1. The van der Waals surface area contributed by atoms with Crippen LogP contribution in [0.3, 0.4) is 0 Å². The molecule has 7 nitrogen and oxygen atoms in total. The van der Waals surface area contributed by atoms with Crippen LogP contribution in [0.15, 0.2) is 36.5 Å². The molecule has 27 heavy (non-hydrogen) atoms. The fourth-order valence-electron chi connectivity index (χ4n) is 2.69. The fourth-order valence-corrected chi connectivity index (χ4v) is 3.18. The van der Waals surface area contributed by atoms with E-state index in [2.05, 4.69) is 20.9 Å². The number of nitrogens with zero attached hydrogens (tertiary/aromatic N) is 2. The van der Waals surface area contributed by atoms with E-state index in [1.54, 1.807) is 41.2 Å². The van der Waals surface area contributed by atoms with Crippen LogP contribution in [0.1, 0.15) is 27.4 Å². The van der Waals surface area contributed by atoms with E-state index in [0.717, 1.165) is 11.3 Å². The Kier molecular flexibility index (Phi) is 5.53. The van der Waals surface area contributed by atoms with Gasteiger partial charge in [-0.05, 0) is 44.2 Å². The van der Waals surface area contributed by atoms with Crippen molar-refractivity contribution in [2.75, 3.05) is 0 Å². The van der Waals surface area contributed by atoms with Gasteiger partial charge in [0.2, 0.25) is 5.91 Å². The van der Waals surface area contributed by atoms with E-state index < -0.39 is 5.91 Å². The molecule has 0 saturated carbocycles. The van der Waals surface area contributed by atoms with Crippen LogP contribution >= 0.6 is 23.2 Å². The Hall–Kier alpha value is -2.77. The number of carbonyl (C=O) groups is 2. The van der Waals surface area contributed by atoms with Gasteiger partial charge in [0.25, 0.3) is 5.91 Å². The summed E-state index contributed by atoms with van der Waals surface area (Å²) >= 11 is 12.2. The largest absolute Gasteiger partial charge is 0.357 e. The molecule has 2 aromatic heterocycles. The lowest BCUT2D eigenvalue weighted by molar-refractivity contribution is -0.121. The Morgan fingerprint density at radius 2 is 1.96 bits per heavy atom. The molecule has 0 radical (unpaired) electrons. The zero-order valence-corrected chi connectivity index (χ0v) is 16.1. The highest BCUT2D eigenvalue weighted by atomic mass is 35.5. The van der Waals surface area contributed by atoms with E-state index in [4.69, 9.17) is 23.2 Å². The van der Waals surface area contributed by atoms with Crippen LogP contribution in [0.5, 0.6) is 0 Å². The third-order valence-corrected chi connectivity index (χ3v) is 4.61. The molecule has 0 unspecified atom stereocenters. The van der Waals surface area contributed by atoms with Gasteiger partial charge in [0.15, 0.2) is 0 Å². The predicted molar refractivity (Wildman–Crippen MR) is 103 cm³/mol. The minimum Gasteiger partial charge on any atom is -0.357 e. The van der Waals surface area contributed by atoms with Crippen LogP contribution in [0.4, 0.5) is 0 Å². The SMILES string of the molecule is Cc1nn(-c2ccc(Cl)cc2Cl)c(C)c1CC(=O)NNC(=O)c1ccc[nH]1. The van der Waals surface area contributed by atoms with Crippen molar-refractivity contribution in [3.63, 3.8) is 0 Å². The van der Waals surface area contributed by atoms with Crippen molar-refractivity contribution in [2.45, 2.75) is 20.3 Å². The molecule has 0 fully saturated rings. The number of halogens is 2. The summed E-state index contributed by atoms with van der Waals surface area (Å²) in [7, 11) is 0. The highest BCUT2D eigenvalue weighted by Crippen LogP contribution is 2.27. The number of amides is 2. The Morgan fingerprint density at radius 3 is 2.63 bits per heavy atom. The Labute approximate surface area is 165 Å². The molecular weight excluding hydrogens is 389 g/mol. The number of hydrogen-bond acceptors (Lipinski definition) is 3. The number of hydrazine groups is 1. The van der Waals surface area contributed by atoms with Gasteiger partial charge in [-0.15, -0.1) is 0 Å². The van der Waals surface area contributed by atoms with Crippen molar-refractivity contribution in [1.29, 1.82) is 0 Å². The van der Waals surface area contributed by atoms with Gasteiger partial charge in [-0.25, -0.2) is 4.68 Å². The van der Waals surface area contributed by atoms with E-state index >= 15 is 0 Å². The molecule has 3 rings (SSSR count). The summed E-state index contributed by atoms with van der Waals surface area (Å²) in [5.74, 6) is -0.784. The average Bonchev–Trinajstić information content (AvgIpc) is 3.24. The standard InChI is InChI=1S/C18H17Cl2N5O2/c1-10-13(9-17(26)22-23-18(27)15-4-3-7-21-15)11(2)25(24-10)16-6-5-12(19)8-14(16)20/h3-8,21H,9H2,1-2H3,(H,22,26)(H,23,27). The number of carbonyl (C=O) groups excluding carboxylic acids is 2. The first-order valence-electron chi connectivity index (χ1n) is 8.10. The Morgan fingerprint density at radius 1 is 1.19 bits per heavy atom. The van der Waals surface area contributed by atoms with Gasteiger partial charge >= 0.3 is 0 Å². The number of hydrogen-bond donors (Lipinski definition) is 3. The summed E-state index contributed by atoms with van der Waals surface area (Å²) in [6.45, 7) is 3.67. The van der Waals surface area contributed by atoms with E-state index in [9.17, 15) is 9.59 Å². The first-order valence-corrected chi connectivity index (χ1v) is 8.85. The first-order chi connectivity index (χ1) is 12.9. The van der Waals surface area contributed by atoms with Crippen molar-refractivity contribution >= 4 is 35.0 Å². The predicted octanol–water partition coefficient (Wildman–Crippen LogP) is 3.13. The maximum atomic E-state index is 12.2. The van der Waals surface area contributed by atoms with Crippen LogP contribution in [0.25, 0.3) is 5.69 Å². The lowest BCUT2D eigenvalue weighted by Crippen LogP contribution is -2.42. The molecule has 0 spiro atoms. The topological polar surface area (TPSA) is 91.8 Å². The minimum atomic E-state index is -0.426. The van der Waals surface area contributed by atoms with Crippen molar-refractivity contribution in [1.82, 2.24) is 25.6 Å². The van der Waals surface area contributed by atoms with Gasteiger partial charge in [-0.1, -0.05) is 23.2 Å². The highest BCUT2D eigenvalue weighted by molar-refractivity contribution is 6.35. The number of H-pyrrole nitrogens is 1. The van der Waals surface area contributed by atoms with Gasteiger partial charge < -0.3 is 4.98 Å². The van der Waals surface area contributed by atoms with E-state index in [0.29, 0.717) is 27.1 Å². The summed E-state index contributed by atoms with van der Waals surface area (Å²) < 4.78 is 1.67. The van der Waals surface area contributed by atoms with E-state index in [-0.39, 0.29) is 12.3 Å². The average molecular weight is 406 g/mol. The zero-order chi connectivity index (χ0) is 19.6. The second-order valence-corrected chi connectivity index (χ2v) is 6.76. The summed E-state index contributed by atoms with van der Waals surface area (Å²) in [6, 6.07) is 8.43. The van der Waals surface area contributed by atoms with E-state index in [1.807, 2.05) is 13.8 Å². The fraction of sp³-hybridized carbons (Fsp3) is 0.167. The van der Waals surface area contributed by atoms with Gasteiger partial charge in [-0.2, -0.15) is 5.10 Å². The van der Waals surface area contributed by atoms with Gasteiger partial charge in [0.05, 0.1) is 22.8 Å². The Balaban J connectivity index is 1.73. The molecule has 140 valence electrons. The summed E-state index contributed by atoms with van der Waals surface area (Å²) in [6.07, 6.45) is 1.69. The summed E-state index contributed by atoms with van der Waals surface area (Å²) in [5.41, 5.74) is 8.03. The van der Waals surface area contributed by atoms with Gasteiger partial charge in [0, 0.05) is 22.5 Å². The van der Waals surface area contributed by atoms with E-state index in [1.165, 1.54) is 0 Å². The van der Waals surface area contributed by atoms with Crippen LogP contribution < -0.4 is 10.9 Å². The smallest absolute Gasteiger partial charge is 0.286 e. The van der Waals surface area contributed by atoms with Crippen molar-refractivity contribution < 1.29 is 9.59 Å². The number of aryl methyl sites for hydroxylation is 1. The molecule has 1 aromatic carbocycles. The van der Waals surface area contributed by atoms with Crippen LogP contribution in [-0.4, -0.2) is 26.6 Å². The van der Waals surface area contributed by atoms with Crippen molar-refractivity contribution in [3.8, 4) is 5.69 Å². The molecule has 0 atom stereocenters. The van der Waals surface area contributed by atoms with Gasteiger partial charge in [-0.3, -0.25) is 20.4 Å². The molecule has 2 amide bonds. The monoisotopic (exact) mass is 405 g/mol. The molecule has 0 aliphatic heterocycles. The van der Waals surface area contributed by atoms with Gasteiger partial charge in [0.1, 0.15) is 5.69 Å². The molecule has 3 aromatic rings. The lowest BCUT2D eigenvalue weighted by atomic mass is 10.1. The van der Waals surface area contributed by atoms with Crippen LogP contribution in [0, 0.1) is 13.8 Å². The third-order valence-electron chi connectivity index (χ3n) is 4.07. The Bertz CT molecular complexity index is 996. The number of nitrogens with one attached hydrogen (secondary N) is 3. The van der Waals surface area contributed by atoms with Crippen LogP contribution in [-0.2, 0) is 11.2 Å². The number of aromatic amines is 1. The van der Waals surface area contributed by atoms with Crippen LogP contribution in [0.2, 0.25) is 10.0 Å². The van der Waals surface area contributed by atoms with Crippen molar-refractivity contribution in [3.05, 3.63) is 69.2 Å². The molecular formula is C18H17Cl2N5O2. The number of aromatic nitrogens is 3. The van der Waals surface area contributed by atoms with Crippen molar-refractivity contribution in [2.24, 2.45) is 0 Å². The molecule has 0 saturated heterocycles. The molecule has 3 N–H and O–H groups in total.